The van der Waals surface area contributed by atoms with Crippen molar-refractivity contribution in [3.05, 3.63) is 0 Å². The lowest BCUT2D eigenvalue weighted by Crippen LogP contribution is -2.52. The van der Waals surface area contributed by atoms with Gasteiger partial charge in [0.25, 0.3) is 0 Å². The van der Waals surface area contributed by atoms with Crippen LogP contribution < -0.4 is 0 Å². The molecule has 2 rings (SSSR count). The van der Waals surface area contributed by atoms with Crippen LogP contribution in [-0.4, -0.2) is 42.1 Å². The second-order valence-electron chi connectivity index (χ2n) is 5.26. The summed E-state index contributed by atoms with van der Waals surface area (Å²) in [5, 5.41) is 9.32. The van der Waals surface area contributed by atoms with Crippen molar-refractivity contribution in [1.82, 2.24) is 4.31 Å². The van der Waals surface area contributed by atoms with Crippen molar-refractivity contribution >= 4 is 16.0 Å². The summed E-state index contributed by atoms with van der Waals surface area (Å²) < 4.78 is 25.5. The molecule has 1 N–H and O–H groups in total. The zero-order valence-corrected chi connectivity index (χ0v) is 10.9. The Balaban J connectivity index is 2.30. The third-order valence-corrected chi connectivity index (χ3v) is 6.09. The average Bonchev–Trinajstić information content (AvgIpc) is 2.61. The van der Waals surface area contributed by atoms with Gasteiger partial charge in [-0.15, -0.1) is 0 Å². The maximum Gasteiger partial charge on any atom is 0.310 e. The lowest BCUT2D eigenvalue weighted by Gasteiger charge is -2.38. The van der Waals surface area contributed by atoms with E-state index in [1.54, 1.807) is 6.92 Å². The van der Waals surface area contributed by atoms with Gasteiger partial charge in [-0.25, -0.2) is 8.42 Å². The van der Waals surface area contributed by atoms with Crippen molar-refractivity contribution in [1.29, 1.82) is 0 Å². The largest absolute Gasteiger partial charge is 0.481 e. The molecule has 0 bridgehead atoms. The number of carbonyl (C=O) groups is 1. The molecule has 98 valence electrons. The zero-order valence-electron chi connectivity index (χ0n) is 10.1. The van der Waals surface area contributed by atoms with Gasteiger partial charge in [-0.2, -0.15) is 4.31 Å². The van der Waals surface area contributed by atoms with E-state index in [0.717, 1.165) is 12.8 Å². The zero-order chi connectivity index (χ0) is 12.7. The van der Waals surface area contributed by atoms with E-state index >= 15 is 0 Å². The molecule has 5 nitrogen and oxygen atoms in total. The van der Waals surface area contributed by atoms with E-state index in [1.807, 2.05) is 0 Å². The van der Waals surface area contributed by atoms with E-state index in [9.17, 15) is 18.3 Å². The van der Waals surface area contributed by atoms with E-state index in [2.05, 4.69) is 0 Å². The molecule has 1 aliphatic heterocycles. The molecular formula is C11H19NO4S. The lowest BCUT2D eigenvalue weighted by molar-refractivity contribution is -0.149. The highest BCUT2D eigenvalue weighted by Crippen LogP contribution is 2.43. The Bertz CT molecular complexity index is 419. The standard InChI is InChI=1S/C11H19NO4S/c1-11(10(13)14)6-4-5-9(11)12-7-2-3-8-17(12,15)16/h9H,2-8H2,1H3,(H,13,14). The predicted octanol–water partition coefficient (Wildman–Crippen LogP) is 1.06. The van der Waals surface area contributed by atoms with E-state index in [4.69, 9.17) is 0 Å². The summed E-state index contributed by atoms with van der Waals surface area (Å²) in [6.07, 6.45) is 3.56. The second-order valence-corrected chi connectivity index (χ2v) is 7.31. The van der Waals surface area contributed by atoms with Gasteiger partial charge in [-0.1, -0.05) is 6.42 Å². The minimum atomic E-state index is -3.24. The summed E-state index contributed by atoms with van der Waals surface area (Å²) in [6.45, 7) is 2.16. The molecule has 2 fully saturated rings. The Kier molecular flexibility index (Phi) is 3.20. The summed E-state index contributed by atoms with van der Waals surface area (Å²) in [5.41, 5.74) is -0.912. The summed E-state index contributed by atoms with van der Waals surface area (Å²) >= 11 is 0. The first-order chi connectivity index (χ1) is 7.88. The summed E-state index contributed by atoms with van der Waals surface area (Å²) in [4.78, 5) is 11.4. The highest BCUT2D eigenvalue weighted by atomic mass is 32.2. The van der Waals surface area contributed by atoms with Crippen LogP contribution >= 0.6 is 0 Å². The number of rotatable bonds is 2. The second kappa shape index (κ2) is 4.24. The molecule has 1 heterocycles. The molecule has 1 aliphatic carbocycles. The first kappa shape index (κ1) is 12.8. The van der Waals surface area contributed by atoms with E-state index in [1.165, 1.54) is 4.31 Å². The Morgan fingerprint density at radius 1 is 1.35 bits per heavy atom. The minimum absolute atomic E-state index is 0.166. The van der Waals surface area contributed by atoms with Crippen LogP contribution in [0.25, 0.3) is 0 Å². The van der Waals surface area contributed by atoms with Crippen LogP contribution in [-0.2, 0) is 14.8 Å². The Labute approximate surface area is 102 Å². The monoisotopic (exact) mass is 261 g/mol. The Hall–Kier alpha value is -0.620. The van der Waals surface area contributed by atoms with Gasteiger partial charge in [0.05, 0.1) is 11.2 Å². The maximum atomic E-state index is 12.0. The molecule has 0 aromatic carbocycles. The quantitative estimate of drug-likeness (QED) is 0.806. The number of sulfonamides is 1. The number of carboxylic acid groups (broad SMARTS) is 1. The van der Waals surface area contributed by atoms with Crippen molar-refractivity contribution in [2.24, 2.45) is 5.41 Å². The molecule has 2 unspecified atom stereocenters. The molecule has 1 saturated heterocycles. The van der Waals surface area contributed by atoms with Crippen molar-refractivity contribution < 1.29 is 18.3 Å². The van der Waals surface area contributed by atoms with Crippen LogP contribution in [0.4, 0.5) is 0 Å². The topological polar surface area (TPSA) is 74.7 Å². The number of nitrogens with zero attached hydrogens (tertiary/aromatic N) is 1. The smallest absolute Gasteiger partial charge is 0.310 e. The molecule has 0 radical (unpaired) electrons. The fraction of sp³-hybridized carbons (Fsp3) is 0.909. The van der Waals surface area contributed by atoms with Crippen molar-refractivity contribution in [2.75, 3.05) is 12.3 Å². The van der Waals surface area contributed by atoms with Gasteiger partial charge >= 0.3 is 5.97 Å². The van der Waals surface area contributed by atoms with Crippen LogP contribution in [0.15, 0.2) is 0 Å². The van der Waals surface area contributed by atoms with Crippen molar-refractivity contribution in [2.45, 2.75) is 45.1 Å². The molecule has 1 saturated carbocycles. The summed E-state index contributed by atoms with van der Waals surface area (Å²) in [7, 11) is -3.24. The van der Waals surface area contributed by atoms with Gasteiger partial charge in [0.1, 0.15) is 0 Å². The van der Waals surface area contributed by atoms with Gasteiger partial charge in [-0.3, -0.25) is 4.79 Å². The number of aliphatic carboxylic acids is 1. The molecule has 0 amide bonds. The Morgan fingerprint density at radius 3 is 2.65 bits per heavy atom. The SMILES string of the molecule is CC1(C(=O)O)CCCC1N1CCCCS1(=O)=O. The highest BCUT2D eigenvalue weighted by molar-refractivity contribution is 7.89. The molecule has 17 heavy (non-hydrogen) atoms. The van der Waals surface area contributed by atoms with Crippen molar-refractivity contribution in [3.8, 4) is 0 Å². The normalized spacial score (nSPS) is 38.1. The van der Waals surface area contributed by atoms with Crippen LogP contribution in [0, 0.1) is 5.41 Å². The van der Waals surface area contributed by atoms with Gasteiger partial charge in [-0.05, 0) is 32.6 Å². The van der Waals surface area contributed by atoms with E-state index in [-0.39, 0.29) is 11.8 Å². The third-order valence-electron chi connectivity index (χ3n) is 4.13. The molecule has 2 aliphatic rings. The van der Waals surface area contributed by atoms with Crippen LogP contribution in [0.5, 0.6) is 0 Å². The van der Waals surface area contributed by atoms with Gasteiger partial charge in [0, 0.05) is 12.6 Å². The first-order valence-corrected chi connectivity index (χ1v) is 7.72. The summed E-state index contributed by atoms with van der Waals surface area (Å²) in [5.74, 6) is -0.708. The molecule has 2 atom stereocenters. The fourth-order valence-corrected chi connectivity index (χ4v) is 4.95. The molecule has 0 spiro atoms. The first-order valence-electron chi connectivity index (χ1n) is 6.11. The third kappa shape index (κ3) is 2.08. The Morgan fingerprint density at radius 2 is 2.06 bits per heavy atom. The molecule has 0 aromatic rings. The average molecular weight is 261 g/mol. The van der Waals surface area contributed by atoms with E-state index in [0.29, 0.717) is 25.8 Å². The highest BCUT2D eigenvalue weighted by Gasteiger charge is 2.51. The maximum absolute atomic E-state index is 12.0. The van der Waals surface area contributed by atoms with Crippen LogP contribution in [0.1, 0.15) is 39.0 Å². The molecule has 0 aromatic heterocycles. The van der Waals surface area contributed by atoms with Crippen molar-refractivity contribution in [3.63, 3.8) is 0 Å². The molecule has 6 heteroatoms. The van der Waals surface area contributed by atoms with Gasteiger partial charge < -0.3 is 5.11 Å². The minimum Gasteiger partial charge on any atom is -0.481 e. The number of carboxylic acids is 1. The van der Waals surface area contributed by atoms with Crippen LogP contribution in [0.2, 0.25) is 0 Å². The number of hydrogen-bond donors (Lipinski definition) is 1. The predicted molar refractivity (Wildman–Crippen MR) is 63.1 cm³/mol. The van der Waals surface area contributed by atoms with Gasteiger partial charge in [0.2, 0.25) is 10.0 Å². The van der Waals surface area contributed by atoms with Crippen LogP contribution in [0.3, 0.4) is 0 Å². The fourth-order valence-electron chi connectivity index (χ4n) is 3.02. The molecular weight excluding hydrogens is 242 g/mol. The summed E-state index contributed by atoms with van der Waals surface area (Å²) in [6, 6.07) is -0.356. The van der Waals surface area contributed by atoms with E-state index < -0.39 is 21.4 Å². The number of hydrogen-bond acceptors (Lipinski definition) is 3. The lowest BCUT2D eigenvalue weighted by atomic mass is 9.85. The van der Waals surface area contributed by atoms with Gasteiger partial charge in [0.15, 0.2) is 0 Å².